The lowest BCUT2D eigenvalue weighted by Crippen LogP contribution is -2.51. The Morgan fingerprint density at radius 3 is 2.57 bits per heavy atom. The van der Waals surface area contributed by atoms with Gasteiger partial charge in [0.25, 0.3) is 0 Å². The summed E-state index contributed by atoms with van der Waals surface area (Å²) < 4.78 is 63.6. The van der Waals surface area contributed by atoms with E-state index in [-0.39, 0.29) is 32.0 Å². The summed E-state index contributed by atoms with van der Waals surface area (Å²) in [5.74, 6) is 1.42. The van der Waals surface area contributed by atoms with E-state index in [4.69, 9.17) is 0 Å². The van der Waals surface area contributed by atoms with Crippen LogP contribution in [0.5, 0.6) is 0 Å². The highest BCUT2D eigenvalue weighted by Crippen LogP contribution is 2.28. The summed E-state index contributed by atoms with van der Waals surface area (Å²) in [5.41, 5.74) is -3.29. The predicted octanol–water partition coefficient (Wildman–Crippen LogP) is 1.82. The summed E-state index contributed by atoms with van der Waals surface area (Å²) in [6.07, 6.45) is 0.530. The molecule has 12 heteroatoms. The van der Waals surface area contributed by atoms with Gasteiger partial charge in [-0.15, -0.1) is 0 Å². The van der Waals surface area contributed by atoms with E-state index in [1.54, 1.807) is 7.05 Å². The number of guanidine groups is 1. The van der Waals surface area contributed by atoms with Gasteiger partial charge in [-0.05, 0) is 31.9 Å². The molecule has 0 unspecified atom stereocenters. The minimum absolute atomic E-state index is 0.160. The molecule has 0 saturated carbocycles. The third-order valence-electron chi connectivity index (χ3n) is 5.12. The number of aromatic nitrogens is 2. The van der Waals surface area contributed by atoms with Crippen molar-refractivity contribution >= 4 is 27.0 Å². The van der Waals surface area contributed by atoms with Crippen molar-refractivity contribution in [3.63, 3.8) is 0 Å². The number of sulfonamides is 1. The second-order valence-electron chi connectivity index (χ2n) is 7.07. The number of imidazole rings is 1. The third-order valence-corrected chi connectivity index (χ3v) is 6.75. The van der Waals surface area contributed by atoms with E-state index in [9.17, 15) is 21.6 Å². The van der Waals surface area contributed by atoms with Gasteiger partial charge in [-0.1, -0.05) is 12.1 Å². The number of hydrogen-bond donors (Lipinski definition) is 2. The Morgan fingerprint density at radius 1 is 1.27 bits per heavy atom. The van der Waals surface area contributed by atoms with Crippen molar-refractivity contribution in [2.24, 2.45) is 4.99 Å². The number of rotatable bonds is 5. The Kier molecular flexibility index (Phi) is 6.56. The van der Waals surface area contributed by atoms with Gasteiger partial charge in [0.2, 0.25) is 0 Å². The zero-order valence-corrected chi connectivity index (χ0v) is 17.6. The number of benzene rings is 1. The molecule has 0 spiro atoms. The molecule has 166 valence electrons. The number of piperidine rings is 1. The first kappa shape index (κ1) is 22.3. The molecule has 2 heterocycles. The van der Waals surface area contributed by atoms with Crippen LogP contribution in [0.1, 0.15) is 18.7 Å². The number of hydrogen-bond acceptors (Lipinski definition) is 4. The molecule has 1 aromatic carbocycles. The van der Waals surface area contributed by atoms with Crippen LogP contribution >= 0.6 is 0 Å². The van der Waals surface area contributed by atoms with Crippen LogP contribution in [0.4, 0.5) is 13.2 Å². The molecular formula is C18H25F3N6O2S. The molecule has 30 heavy (non-hydrogen) atoms. The molecule has 0 bridgehead atoms. The fourth-order valence-electron chi connectivity index (χ4n) is 3.54. The molecular weight excluding hydrogens is 421 g/mol. The van der Waals surface area contributed by atoms with Crippen LogP contribution in [0.15, 0.2) is 29.3 Å². The molecule has 1 aromatic heterocycles. The van der Waals surface area contributed by atoms with Crippen molar-refractivity contribution in [1.82, 2.24) is 24.5 Å². The maximum atomic E-state index is 12.7. The Bertz CT molecular complexity index is 1010. The number of aliphatic imine (C=N–C) groups is 1. The minimum atomic E-state index is -5.27. The SMILES string of the molecule is CN=C(NCCn1c(C)nc2ccccc21)NC1CCN(S(=O)(=O)C(F)(F)F)CC1. The molecule has 0 atom stereocenters. The average molecular weight is 446 g/mol. The van der Waals surface area contributed by atoms with Gasteiger partial charge in [0.1, 0.15) is 5.82 Å². The van der Waals surface area contributed by atoms with E-state index in [0.717, 1.165) is 16.9 Å². The second-order valence-corrected chi connectivity index (χ2v) is 9.00. The van der Waals surface area contributed by atoms with E-state index in [1.807, 2.05) is 31.2 Å². The Labute approximate surface area is 173 Å². The van der Waals surface area contributed by atoms with Gasteiger partial charge in [-0.2, -0.15) is 17.5 Å². The Hall–Kier alpha value is -2.34. The van der Waals surface area contributed by atoms with Gasteiger partial charge >= 0.3 is 15.5 Å². The summed E-state index contributed by atoms with van der Waals surface area (Å²) >= 11 is 0. The summed E-state index contributed by atoms with van der Waals surface area (Å²) in [5, 5.41) is 6.35. The van der Waals surface area contributed by atoms with Crippen molar-refractivity contribution in [2.45, 2.75) is 37.9 Å². The molecule has 2 aromatic rings. The zero-order valence-electron chi connectivity index (χ0n) is 16.8. The number of alkyl halides is 3. The van der Waals surface area contributed by atoms with Gasteiger partial charge in [-0.25, -0.2) is 13.4 Å². The number of halogens is 3. The zero-order chi connectivity index (χ0) is 21.9. The highest BCUT2D eigenvalue weighted by atomic mass is 32.2. The fourth-order valence-corrected chi connectivity index (χ4v) is 4.52. The second kappa shape index (κ2) is 8.80. The van der Waals surface area contributed by atoms with Crippen molar-refractivity contribution in [2.75, 3.05) is 26.7 Å². The fraction of sp³-hybridized carbons (Fsp3) is 0.556. The number of nitrogens with one attached hydrogen (secondary N) is 2. The van der Waals surface area contributed by atoms with Gasteiger partial charge < -0.3 is 15.2 Å². The first-order valence-corrected chi connectivity index (χ1v) is 11.0. The first-order chi connectivity index (χ1) is 14.1. The largest absolute Gasteiger partial charge is 0.511 e. The summed E-state index contributed by atoms with van der Waals surface area (Å²) in [6.45, 7) is 2.81. The Balaban J connectivity index is 1.51. The van der Waals surface area contributed by atoms with Crippen LogP contribution in [0.25, 0.3) is 11.0 Å². The van der Waals surface area contributed by atoms with Crippen molar-refractivity contribution in [3.05, 3.63) is 30.1 Å². The predicted molar refractivity (Wildman–Crippen MR) is 109 cm³/mol. The van der Waals surface area contributed by atoms with Crippen LogP contribution < -0.4 is 10.6 Å². The van der Waals surface area contributed by atoms with Crippen LogP contribution in [-0.4, -0.2) is 66.5 Å². The first-order valence-electron chi connectivity index (χ1n) is 9.59. The normalized spacial score (nSPS) is 17.4. The van der Waals surface area contributed by atoms with Crippen LogP contribution in [0.2, 0.25) is 0 Å². The number of aryl methyl sites for hydroxylation is 1. The smallest absolute Gasteiger partial charge is 0.355 e. The van der Waals surface area contributed by atoms with E-state index >= 15 is 0 Å². The topological polar surface area (TPSA) is 91.6 Å². The summed E-state index contributed by atoms with van der Waals surface area (Å²) in [4.78, 5) is 8.67. The average Bonchev–Trinajstić information content (AvgIpc) is 3.02. The van der Waals surface area contributed by atoms with Crippen molar-refractivity contribution in [1.29, 1.82) is 0 Å². The van der Waals surface area contributed by atoms with E-state index < -0.39 is 15.5 Å². The molecule has 0 radical (unpaired) electrons. The molecule has 0 amide bonds. The van der Waals surface area contributed by atoms with Gasteiger partial charge in [0, 0.05) is 39.3 Å². The molecule has 0 aliphatic carbocycles. The molecule has 1 fully saturated rings. The molecule has 1 aliphatic heterocycles. The quantitative estimate of drug-likeness (QED) is 0.540. The lowest BCUT2D eigenvalue weighted by molar-refractivity contribution is -0.0494. The molecule has 1 aliphatic rings. The number of nitrogens with zero attached hydrogens (tertiary/aromatic N) is 4. The monoisotopic (exact) mass is 446 g/mol. The molecule has 8 nitrogen and oxygen atoms in total. The van der Waals surface area contributed by atoms with Gasteiger partial charge in [0.15, 0.2) is 5.96 Å². The minimum Gasteiger partial charge on any atom is -0.355 e. The third kappa shape index (κ3) is 4.69. The van der Waals surface area contributed by atoms with Crippen molar-refractivity contribution in [3.8, 4) is 0 Å². The van der Waals surface area contributed by atoms with E-state index in [2.05, 4.69) is 25.2 Å². The van der Waals surface area contributed by atoms with Crippen LogP contribution in [-0.2, 0) is 16.6 Å². The maximum Gasteiger partial charge on any atom is 0.511 e. The van der Waals surface area contributed by atoms with Gasteiger partial charge in [0.05, 0.1) is 11.0 Å². The van der Waals surface area contributed by atoms with Crippen LogP contribution in [0, 0.1) is 6.92 Å². The Morgan fingerprint density at radius 2 is 1.93 bits per heavy atom. The maximum absolute atomic E-state index is 12.7. The highest BCUT2D eigenvalue weighted by Gasteiger charge is 2.50. The number of fused-ring (bicyclic) bond motifs is 1. The van der Waals surface area contributed by atoms with Crippen molar-refractivity contribution < 1.29 is 21.6 Å². The van der Waals surface area contributed by atoms with E-state index in [0.29, 0.717) is 23.4 Å². The summed E-state index contributed by atoms with van der Waals surface area (Å²) in [6, 6.07) is 7.70. The lowest BCUT2D eigenvalue weighted by atomic mass is 10.1. The highest BCUT2D eigenvalue weighted by molar-refractivity contribution is 7.90. The van der Waals surface area contributed by atoms with Gasteiger partial charge in [-0.3, -0.25) is 4.99 Å². The standard InChI is InChI=1S/C18H25F3N6O2S/c1-13-24-15-5-3-4-6-16(15)27(13)12-9-23-17(22-2)25-14-7-10-26(11-8-14)30(28,29)18(19,20)21/h3-6,14H,7-12H2,1-2H3,(H2,22,23,25). The lowest BCUT2D eigenvalue weighted by Gasteiger charge is -2.32. The number of para-hydroxylation sites is 2. The molecule has 1 saturated heterocycles. The molecule has 2 N–H and O–H groups in total. The van der Waals surface area contributed by atoms with E-state index in [1.165, 1.54) is 0 Å². The summed E-state index contributed by atoms with van der Waals surface area (Å²) in [7, 11) is -3.66. The van der Waals surface area contributed by atoms with Crippen LogP contribution in [0.3, 0.4) is 0 Å². The molecule has 3 rings (SSSR count).